The summed E-state index contributed by atoms with van der Waals surface area (Å²) in [4.78, 5) is 9.38. The van der Waals surface area contributed by atoms with E-state index in [9.17, 15) is 0 Å². The molecule has 0 spiro atoms. The molecule has 146 valence electrons. The van der Waals surface area contributed by atoms with Crippen LogP contribution in [-0.4, -0.2) is 30.2 Å². The Bertz CT molecular complexity index is 916. The van der Waals surface area contributed by atoms with Crippen molar-refractivity contribution in [1.82, 2.24) is 9.97 Å². The molecule has 0 saturated heterocycles. The van der Waals surface area contributed by atoms with Crippen molar-refractivity contribution in [2.75, 3.05) is 24.9 Å². The van der Waals surface area contributed by atoms with Crippen LogP contribution in [0.4, 0.5) is 17.3 Å². The lowest BCUT2D eigenvalue weighted by atomic mass is 10.2. The molecule has 0 aliphatic rings. The maximum absolute atomic E-state index is 5.39. The summed E-state index contributed by atoms with van der Waals surface area (Å²) in [5.74, 6) is 3.48. The smallest absolute Gasteiger partial charge is 0.163 e. The van der Waals surface area contributed by atoms with Crippen LogP contribution in [0.5, 0.6) is 11.5 Å². The highest BCUT2D eigenvalue weighted by atomic mass is 16.5. The number of nitrogens with zero attached hydrogens (tertiary/aromatic N) is 2. The van der Waals surface area contributed by atoms with Crippen molar-refractivity contribution in [1.29, 1.82) is 0 Å². The zero-order valence-corrected chi connectivity index (χ0v) is 16.7. The predicted octanol–water partition coefficient (Wildman–Crippen LogP) is 5.11. The van der Waals surface area contributed by atoms with Crippen molar-refractivity contribution in [3.05, 3.63) is 54.6 Å². The summed E-state index contributed by atoms with van der Waals surface area (Å²) < 4.78 is 10.7. The lowest BCUT2D eigenvalue weighted by Gasteiger charge is -2.15. The molecule has 1 unspecified atom stereocenters. The molecule has 2 aromatic carbocycles. The number of benzene rings is 2. The van der Waals surface area contributed by atoms with Crippen molar-refractivity contribution < 1.29 is 9.47 Å². The van der Waals surface area contributed by atoms with Gasteiger partial charge in [0, 0.05) is 29.4 Å². The molecule has 1 aromatic heterocycles. The van der Waals surface area contributed by atoms with Crippen LogP contribution in [0.15, 0.2) is 54.6 Å². The molecule has 3 rings (SSSR count). The fourth-order valence-corrected chi connectivity index (χ4v) is 2.72. The van der Waals surface area contributed by atoms with Gasteiger partial charge in [0.25, 0.3) is 0 Å². The third-order valence-corrected chi connectivity index (χ3v) is 4.42. The van der Waals surface area contributed by atoms with E-state index in [0.717, 1.165) is 23.5 Å². The van der Waals surface area contributed by atoms with Crippen LogP contribution >= 0.6 is 0 Å². The molecular weight excluding hydrogens is 352 g/mol. The lowest BCUT2D eigenvalue weighted by Crippen LogP contribution is -2.15. The average Bonchev–Trinajstić information content (AvgIpc) is 2.74. The van der Waals surface area contributed by atoms with Gasteiger partial charge in [-0.2, -0.15) is 0 Å². The molecule has 0 amide bonds. The standard InChI is InChI=1S/C22H26N4O2/c1-5-15(2)23-20-14-21(26-22(25-20)16-9-7-6-8-10-16)24-17-11-12-18(27-3)19(13-17)28-4/h6-15H,5H2,1-4H3,(H2,23,24,25,26). The number of ether oxygens (including phenoxy) is 2. The van der Waals surface area contributed by atoms with Gasteiger partial charge < -0.3 is 20.1 Å². The van der Waals surface area contributed by atoms with Crippen molar-refractivity contribution in [2.24, 2.45) is 0 Å². The van der Waals surface area contributed by atoms with E-state index in [1.807, 2.05) is 54.6 Å². The van der Waals surface area contributed by atoms with E-state index >= 15 is 0 Å². The Labute approximate surface area is 166 Å². The first kappa shape index (κ1) is 19.5. The van der Waals surface area contributed by atoms with Gasteiger partial charge in [-0.25, -0.2) is 9.97 Å². The largest absolute Gasteiger partial charge is 0.493 e. The zero-order valence-electron chi connectivity index (χ0n) is 16.7. The number of methoxy groups -OCH3 is 2. The Morgan fingerprint density at radius 3 is 2.29 bits per heavy atom. The molecule has 1 atom stereocenters. The third kappa shape index (κ3) is 4.71. The molecule has 2 N–H and O–H groups in total. The topological polar surface area (TPSA) is 68.3 Å². The second kappa shape index (κ2) is 9.08. The highest BCUT2D eigenvalue weighted by molar-refractivity contribution is 5.66. The fraction of sp³-hybridized carbons (Fsp3) is 0.273. The molecule has 0 bridgehead atoms. The van der Waals surface area contributed by atoms with E-state index in [-0.39, 0.29) is 0 Å². The van der Waals surface area contributed by atoms with Gasteiger partial charge >= 0.3 is 0 Å². The van der Waals surface area contributed by atoms with Gasteiger partial charge in [-0.15, -0.1) is 0 Å². The van der Waals surface area contributed by atoms with E-state index < -0.39 is 0 Å². The van der Waals surface area contributed by atoms with Gasteiger partial charge in [0.15, 0.2) is 17.3 Å². The predicted molar refractivity (Wildman–Crippen MR) is 114 cm³/mol. The molecule has 0 radical (unpaired) electrons. The Morgan fingerprint density at radius 2 is 1.61 bits per heavy atom. The first-order chi connectivity index (χ1) is 13.6. The summed E-state index contributed by atoms with van der Waals surface area (Å²) in [5.41, 5.74) is 1.82. The lowest BCUT2D eigenvalue weighted by molar-refractivity contribution is 0.355. The van der Waals surface area contributed by atoms with Gasteiger partial charge in [0.1, 0.15) is 11.6 Å². The average molecular weight is 378 g/mol. The Kier molecular flexibility index (Phi) is 6.32. The van der Waals surface area contributed by atoms with Gasteiger partial charge in [-0.05, 0) is 25.5 Å². The summed E-state index contributed by atoms with van der Waals surface area (Å²) in [6.07, 6.45) is 1.00. The number of rotatable bonds is 8. The molecule has 0 aliphatic heterocycles. The van der Waals surface area contributed by atoms with E-state index in [4.69, 9.17) is 14.5 Å². The minimum atomic E-state index is 0.312. The fourth-order valence-electron chi connectivity index (χ4n) is 2.72. The van der Waals surface area contributed by atoms with Gasteiger partial charge in [-0.3, -0.25) is 0 Å². The summed E-state index contributed by atoms with van der Waals surface area (Å²) >= 11 is 0. The molecule has 3 aromatic rings. The maximum atomic E-state index is 5.39. The highest BCUT2D eigenvalue weighted by Gasteiger charge is 2.10. The first-order valence-electron chi connectivity index (χ1n) is 9.33. The van der Waals surface area contributed by atoms with Crippen LogP contribution in [0.1, 0.15) is 20.3 Å². The minimum Gasteiger partial charge on any atom is -0.493 e. The molecular formula is C22H26N4O2. The summed E-state index contributed by atoms with van der Waals surface area (Å²) in [6, 6.07) is 17.8. The van der Waals surface area contributed by atoms with Crippen molar-refractivity contribution in [3.8, 4) is 22.9 Å². The molecule has 6 nitrogen and oxygen atoms in total. The van der Waals surface area contributed by atoms with E-state index in [2.05, 4.69) is 29.5 Å². The van der Waals surface area contributed by atoms with Gasteiger partial charge in [0.2, 0.25) is 0 Å². The van der Waals surface area contributed by atoms with Gasteiger partial charge in [0.05, 0.1) is 14.2 Å². The third-order valence-electron chi connectivity index (χ3n) is 4.42. The van der Waals surface area contributed by atoms with Crippen LogP contribution in [0.3, 0.4) is 0 Å². The van der Waals surface area contributed by atoms with E-state index in [1.165, 1.54) is 0 Å². The molecule has 6 heteroatoms. The summed E-state index contributed by atoms with van der Waals surface area (Å²) in [5, 5.41) is 6.78. The Morgan fingerprint density at radius 1 is 0.893 bits per heavy atom. The number of anilines is 3. The number of aromatic nitrogens is 2. The van der Waals surface area contributed by atoms with Crippen molar-refractivity contribution in [3.63, 3.8) is 0 Å². The van der Waals surface area contributed by atoms with Crippen molar-refractivity contribution in [2.45, 2.75) is 26.3 Å². The second-order valence-corrected chi connectivity index (χ2v) is 6.48. The summed E-state index contributed by atoms with van der Waals surface area (Å²) in [7, 11) is 3.24. The summed E-state index contributed by atoms with van der Waals surface area (Å²) in [6.45, 7) is 4.27. The molecule has 28 heavy (non-hydrogen) atoms. The number of hydrogen-bond acceptors (Lipinski definition) is 6. The normalized spacial score (nSPS) is 11.6. The van der Waals surface area contributed by atoms with E-state index in [1.54, 1.807) is 14.2 Å². The van der Waals surface area contributed by atoms with Crippen molar-refractivity contribution >= 4 is 17.3 Å². The molecule has 1 heterocycles. The molecule has 0 fully saturated rings. The minimum absolute atomic E-state index is 0.312. The van der Waals surface area contributed by atoms with Crippen LogP contribution < -0.4 is 20.1 Å². The quantitative estimate of drug-likeness (QED) is 0.567. The monoisotopic (exact) mass is 378 g/mol. The Balaban J connectivity index is 1.96. The van der Waals surface area contributed by atoms with Crippen LogP contribution in [0.25, 0.3) is 11.4 Å². The molecule has 0 saturated carbocycles. The number of hydrogen-bond donors (Lipinski definition) is 2. The second-order valence-electron chi connectivity index (χ2n) is 6.48. The number of nitrogens with one attached hydrogen (secondary N) is 2. The molecule has 0 aliphatic carbocycles. The van der Waals surface area contributed by atoms with Crippen LogP contribution in [0, 0.1) is 0 Å². The van der Waals surface area contributed by atoms with Crippen LogP contribution in [-0.2, 0) is 0 Å². The SMILES string of the molecule is CCC(C)Nc1cc(Nc2ccc(OC)c(OC)c2)nc(-c2ccccc2)n1. The van der Waals surface area contributed by atoms with Gasteiger partial charge in [-0.1, -0.05) is 37.3 Å². The van der Waals surface area contributed by atoms with E-state index in [0.29, 0.717) is 29.2 Å². The zero-order chi connectivity index (χ0) is 19.9. The first-order valence-corrected chi connectivity index (χ1v) is 9.33. The Hall–Kier alpha value is -3.28. The highest BCUT2D eigenvalue weighted by Crippen LogP contribution is 2.31. The van der Waals surface area contributed by atoms with Crippen LogP contribution in [0.2, 0.25) is 0 Å². The maximum Gasteiger partial charge on any atom is 0.163 e.